The largest absolute Gasteiger partial charge is 0.497 e. The third-order valence-electron chi connectivity index (χ3n) is 4.98. The van der Waals surface area contributed by atoms with Crippen molar-refractivity contribution in [1.29, 1.82) is 0 Å². The zero-order chi connectivity index (χ0) is 22.2. The molecule has 0 atom stereocenters. The Bertz CT molecular complexity index is 926. The van der Waals surface area contributed by atoms with Gasteiger partial charge in [0.05, 0.1) is 26.8 Å². The Kier molecular flexibility index (Phi) is 7.62. The Labute approximate surface area is 182 Å². The highest BCUT2D eigenvalue weighted by Gasteiger charge is 2.18. The molecule has 0 radical (unpaired) electrons. The fraction of sp³-hybridized carbons (Fsp3) is 0.240. The molecule has 1 amide bonds. The van der Waals surface area contributed by atoms with Crippen LogP contribution in [0.5, 0.6) is 11.5 Å². The lowest BCUT2D eigenvalue weighted by Gasteiger charge is -2.23. The maximum Gasteiger partial charge on any atom is 0.234 e. The Morgan fingerprint density at radius 1 is 0.871 bits per heavy atom. The first-order chi connectivity index (χ1) is 15.0. The summed E-state index contributed by atoms with van der Waals surface area (Å²) in [5.74, 6) is 1.12. The SMILES string of the molecule is COc1ccc(C(NC(=O)CN(C)Cc2ccc(F)cc2)c2ccc(OC)cc2)cc1. The zero-order valence-electron chi connectivity index (χ0n) is 18.0. The number of likely N-dealkylation sites (N-methyl/N-ethyl adjacent to an activating group) is 1. The summed E-state index contributed by atoms with van der Waals surface area (Å²) in [4.78, 5) is 14.7. The predicted octanol–water partition coefficient (Wildman–Crippen LogP) is 4.18. The van der Waals surface area contributed by atoms with Crippen molar-refractivity contribution in [3.8, 4) is 11.5 Å². The smallest absolute Gasteiger partial charge is 0.234 e. The first kappa shape index (κ1) is 22.3. The number of halogens is 1. The van der Waals surface area contributed by atoms with Gasteiger partial charge in [-0.1, -0.05) is 36.4 Å². The van der Waals surface area contributed by atoms with E-state index in [1.807, 2.05) is 60.5 Å². The average Bonchev–Trinajstić information content (AvgIpc) is 2.79. The third-order valence-corrected chi connectivity index (χ3v) is 4.98. The molecule has 0 saturated heterocycles. The molecule has 0 saturated carbocycles. The average molecular weight is 423 g/mol. The minimum Gasteiger partial charge on any atom is -0.497 e. The maximum atomic E-state index is 13.1. The van der Waals surface area contributed by atoms with Crippen molar-refractivity contribution in [3.63, 3.8) is 0 Å². The zero-order valence-corrected chi connectivity index (χ0v) is 18.0. The van der Waals surface area contributed by atoms with Gasteiger partial charge in [-0.05, 0) is 60.1 Å². The molecule has 6 heteroatoms. The van der Waals surface area contributed by atoms with Crippen molar-refractivity contribution in [1.82, 2.24) is 10.2 Å². The lowest BCUT2D eigenvalue weighted by Crippen LogP contribution is -2.37. The van der Waals surface area contributed by atoms with Gasteiger partial charge in [0.2, 0.25) is 5.91 Å². The van der Waals surface area contributed by atoms with Gasteiger partial charge in [-0.15, -0.1) is 0 Å². The summed E-state index contributed by atoms with van der Waals surface area (Å²) in [5.41, 5.74) is 2.83. The quantitative estimate of drug-likeness (QED) is 0.562. The summed E-state index contributed by atoms with van der Waals surface area (Å²) in [7, 11) is 5.10. The fourth-order valence-electron chi connectivity index (χ4n) is 3.36. The number of ether oxygens (including phenoxy) is 2. The summed E-state index contributed by atoms with van der Waals surface area (Å²) in [6.45, 7) is 0.754. The Morgan fingerprint density at radius 2 is 1.35 bits per heavy atom. The van der Waals surface area contributed by atoms with E-state index in [1.165, 1.54) is 12.1 Å². The summed E-state index contributed by atoms with van der Waals surface area (Å²) in [6.07, 6.45) is 0. The molecular weight excluding hydrogens is 395 g/mol. The van der Waals surface area contributed by atoms with Gasteiger partial charge >= 0.3 is 0 Å². The summed E-state index contributed by atoms with van der Waals surface area (Å²) in [5, 5.41) is 3.13. The van der Waals surface area contributed by atoms with Crippen molar-refractivity contribution in [2.24, 2.45) is 0 Å². The molecule has 31 heavy (non-hydrogen) atoms. The van der Waals surface area contributed by atoms with Crippen LogP contribution >= 0.6 is 0 Å². The highest BCUT2D eigenvalue weighted by atomic mass is 19.1. The molecule has 3 rings (SSSR count). The first-order valence-electron chi connectivity index (χ1n) is 9.98. The number of amides is 1. The van der Waals surface area contributed by atoms with E-state index in [4.69, 9.17) is 9.47 Å². The standard InChI is InChI=1S/C25H27FN2O3/c1-28(16-18-4-10-21(26)11-5-18)17-24(29)27-25(19-6-12-22(30-2)13-7-19)20-8-14-23(31-3)15-9-20/h4-15,25H,16-17H2,1-3H3,(H,27,29). The number of benzene rings is 3. The topological polar surface area (TPSA) is 50.8 Å². The van der Waals surface area contributed by atoms with Crippen molar-refractivity contribution in [2.75, 3.05) is 27.8 Å². The minimum absolute atomic E-state index is 0.110. The summed E-state index contributed by atoms with van der Waals surface area (Å²) in [6, 6.07) is 21.2. The van der Waals surface area contributed by atoms with E-state index in [0.29, 0.717) is 6.54 Å². The Morgan fingerprint density at radius 3 is 1.81 bits per heavy atom. The molecule has 0 unspecified atom stereocenters. The van der Waals surface area contributed by atoms with Gasteiger partial charge in [0.15, 0.2) is 0 Å². The van der Waals surface area contributed by atoms with Crippen molar-refractivity contribution >= 4 is 5.91 Å². The molecule has 0 fully saturated rings. The van der Waals surface area contributed by atoms with Crippen LogP contribution < -0.4 is 14.8 Å². The van der Waals surface area contributed by atoms with Crippen LogP contribution in [0.4, 0.5) is 4.39 Å². The second-order valence-electron chi connectivity index (χ2n) is 7.35. The van der Waals surface area contributed by atoms with E-state index in [9.17, 15) is 9.18 Å². The number of nitrogens with one attached hydrogen (secondary N) is 1. The molecule has 1 N–H and O–H groups in total. The molecule has 0 aromatic heterocycles. The molecule has 162 valence electrons. The van der Waals surface area contributed by atoms with Crippen molar-refractivity contribution in [3.05, 3.63) is 95.3 Å². The molecule has 3 aromatic rings. The number of hydrogen-bond acceptors (Lipinski definition) is 4. The summed E-state index contributed by atoms with van der Waals surface area (Å²) >= 11 is 0. The van der Waals surface area contributed by atoms with Gasteiger partial charge in [0.25, 0.3) is 0 Å². The Hall–Kier alpha value is -3.38. The normalized spacial score (nSPS) is 10.9. The van der Waals surface area contributed by atoms with Crippen molar-refractivity contribution < 1.29 is 18.7 Å². The molecule has 5 nitrogen and oxygen atoms in total. The molecule has 0 aliphatic heterocycles. The van der Waals surface area contributed by atoms with Crippen LogP contribution in [0, 0.1) is 5.82 Å². The van der Waals surface area contributed by atoms with Gasteiger partial charge < -0.3 is 14.8 Å². The van der Waals surface area contributed by atoms with Crippen LogP contribution in [0.2, 0.25) is 0 Å². The summed E-state index contributed by atoms with van der Waals surface area (Å²) < 4.78 is 23.6. The van der Waals surface area contributed by atoms with E-state index in [1.54, 1.807) is 26.4 Å². The van der Waals surface area contributed by atoms with Crippen LogP contribution in [0.15, 0.2) is 72.8 Å². The Balaban J connectivity index is 1.73. The number of nitrogens with zero attached hydrogens (tertiary/aromatic N) is 1. The van der Waals surface area contributed by atoms with Crippen LogP contribution in [-0.2, 0) is 11.3 Å². The second-order valence-corrected chi connectivity index (χ2v) is 7.35. The van der Waals surface area contributed by atoms with Crippen LogP contribution in [0.3, 0.4) is 0 Å². The van der Waals surface area contributed by atoms with Crippen molar-refractivity contribution in [2.45, 2.75) is 12.6 Å². The molecule has 0 bridgehead atoms. The molecule has 0 aliphatic carbocycles. The number of hydrogen-bond donors (Lipinski definition) is 1. The second kappa shape index (κ2) is 10.6. The molecule has 3 aromatic carbocycles. The number of carbonyl (C=O) groups is 1. The van der Waals surface area contributed by atoms with E-state index < -0.39 is 0 Å². The molecular formula is C25H27FN2O3. The van der Waals surface area contributed by atoms with Gasteiger partial charge in [-0.3, -0.25) is 9.69 Å². The number of carbonyl (C=O) groups excluding carboxylic acids is 1. The molecule has 0 spiro atoms. The monoisotopic (exact) mass is 422 g/mol. The van der Waals surface area contributed by atoms with E-state index in [0.717, 1.165) is 28.2 Å². The first-order valence-corrected chi connectivity index (χ1v) is 9.98. The fourth-order valence-corrected chi connectivity index (χ4v) is 3.36. The highest BCUT2D eigenvalue weighted by molar-refractivity contribution is 5.79. The lowest BCUT2D eigenvalue weighted by atomic mass is 9.98. The third kappa shape index (κ3) is 6.30. The van der Waals surface area contributed by atoms with Gasteiger partial charge in [-0.25, -0.2) is 4.39 Å². The molecule has 0 aliphatic rings. The highest BCUT2D eigenvalue weighted by Crippen LogP contribution is 2.26. The number of methoxy groups -OCH3 is 2. The lowest BCUT2D eigenvalue weighted by molar-refractivity contribution is -0.122. The van der Waals surface area contributed by atoms with Crippen LogP contribution in [0.25, 0.3) is 0 Å². The molecule has 0 heterocycles. The van der Waals surface area contributed by atoms with E-state index >= 15 is 0 Å². The number of rotatable bonds is 9. The van der Waals surface area contributed by atoms with E-state index in [2.05, 4.69) is 5.32 Å². The van der Waals surface area contributed by atoms with Gasteiger partial charge in [0.1, 0.15) is 17.3 Å². The maximum absolute atomic E-state index is 13.1. The van der Waals surface area contributed by atoms with Crippen LogP contribution in [0.1, 0.15) is 22.7 Å². The van der Waals surface area contributed by atoms with Gasteiger partial charge in [-0.2, -0.15) is 0 Å². The predicted molar refractivity (Wildman–Crippen MR) is 119 cm³/mol. The van der Waals surface area contributed by atoms with Crippen LogP contribution in [-0.4, -0.2) is 38.6 Å². The van der Waals surface area contributed by atoms with E-state index in [-0.39, 0.29) is 24.3 Å². The minimum atomic E-state index is -0.316. The van der Waals surface area contributed by atoms with Gasteiger partial charge in [0, 0.05) is 6.54 Å².